The van der Waals surface area contributed by atoms with E-state index in [0.29, 0.717) is 38.2 Å². The monoisotopic (exact) mass is 406 g/mol. The van der Waals surface area contributed by atoms with Crippen LogP contribution >= 0.6 is 0 Å². The van der Waals surface area contributed by atoms with Gasteiger partial charge in [0, 0.05) is 32.0 Å². The highest BCUT2D eigenvalue weighted by molar-refractivity contribution is 7.89. The number of hydrogen-bond acceptors (Lipinski definition) is 6. The summed E-state index contributed by atoms with van der Waals surface area (Å²) in [4.78, 5) is 27.7. The van der Waals surface area contributed by atoms with Gasteiger partial charge < -0.3 is 15.1 Å². The lowest BCUT2D eigenvalue weighted by Crippen LogP contribution is -2.44. The van der Waals surface area contributed by atoms with Crippen molar-refractivity contribution >= 4 is 21.8 Å². The molecular formula is C18H22N4O5S. The van der Waals surface area contributed by atoms with Crippen LogP contribution in [-0.4, -0.2) is 49.2 Å². The molecule has 10 heteroatoms. The summed E-state index contributed by atoms with van der Waals surface area (Å²) in [5.74, 6) is -0.768. The Morgan fingerprint density at radius 3 is 2.54 bits per heavy atom. The molecule has 0 radical (unpaired) electrons. The molecule has 0 spiro atoms. The van der Waals surface area contributed by atoms with Crippen LogP contribution in [0.5, 0.6) is 0 Å². The highest BCUT2D eigenvalue weighted by atomic mass is 32.2. The van der Waals surface area contributed by atoms with Crippen LogP contribution in [0.3, 0.4) is 0 Å². The number of hydrogen-bond donors (Lipinski definition) is 2. The van der Waals surface area contributed by atoms with Crippen molar-refractivity contribution in [2.45, 2.75) is 24.3 Å². The molecule has 9 nitrogen and oxygen atoms in total. The summed E-state index contributed by atoms with van der Waals surface area (Å²) in [5, 5.41) is 5.09. The molecule has 150 valence electrons. The highest BCUT2D eigenvalue weighted by Crippen LogP contribution is 2.22. The molecule has 1 saturated heterocycles. The Kier molecular flexibility index (Phi) is 6.42. The molecule has 0 atom stereocenters. The van der Waals surface area contributed by atoms with Gasteiger partial charge in [-0.15, -0.1) is 0 Å². The van der Waals surface area contributed by atoms with E-state index in [2.05, 4.69) is 15.6 Å². The second-order valence-electron chi connectivity index (χ2n) is 6.51. The molecule has 0 aromatic carbocycles. The first kappa shape index (κ1) is 20.0. The van der Waals surface area contributed by atoms with Crippen LogP contribution in [0.1, 0.15) is 18.6 Å². The molecule has 3 rings (SSSR count). The summed E-state index contributed by atoms with van der Waals surface area (Å²) in [5.41, 5.74) is 0. The smallest absolute Gasteiger partial charge is 0.309 e. The second-order valence-corrected chi connectivity index (χ2v) is 8.45. The third kappa shape index (κ3) is 4.96. The Labute approximate surface area is 163 Å². The van der Waals surface area contributed by atoms with Crippen LogP contribution in [0.25, 0.3) is 0 Å². The number of sulfonamides is 1. The zero-order valence-electron chi connectivity index (χ0n) is 15.2. The standard InChI is InChI=1S/C18H22N4O5S/c23-17(18(24)21-12-15-3-2-10-27-15)20-11-14-5-8-22(9-6-14)28(25,26)16-4-1-7-19-13-16/h1-4,7,10,13-14H,5-6,8-9,11-12H2,(H,20,23)(H,21,24). The number of nitrogens with zero attached hydrogens (tertiary/aromatic N) is 2. The van der Waals surface area contributed by atoms with Gasteiger partial charge in [-0.25, -0.2) is 8.42 Å². The average Bonchev–Trinajstić information content (AvgIpc) is 3.25. The Balaban J connectivity index is 1.42. The van der Waals surface area contributed by atoms with Crippen LogP contribution < -0.4 is 10.6 Å². The normalized spacial score (nSPS) is 15.9. The first-order valence-electron chi connectivity index (χ1n) is 8.95. The minimum absolute atomic E-state index is 0.113. The Bertz CT molecular complexity index is 891. The first-order chi connectivity index (χ1) is 13.5. The quantitative estimate of drug-likeness (QED) is 0.674. The van der Waals surface area contributed by atoms with Crippen LogP contribution in [0.15, 0.2) is 52.2 Å². The van der Waals surface area contributed by atoms with Crippen molar-refractivity contribution in [3.05, 3.63) is 48.7 Å². The number of rotatable bonds is 6. The summed E-state index contributed by atoms with van der Waals surface area (Å²) in [6.45, 7) is 1.20. The van der Waals surface area contributed by atoms with Crippen molar-refractivity contribution in [2.24, 2.45) is 5.92 Å². The first-order valence-corrected chi connectivity index (χ1v) is 10.4. The molecule has 0 bridgehead atoms. The predicted octanol–water partition coefficient (Wildman–Crippen LogP) is 0.508. The van der Waals surface area contributed by atoms with Crippen molar-refractivity contribution in [3.63, 3.8) is 0 Å². The van der Waals surface area contributed by atoms with Crippen molar-refractivity contribution < 1.29 is 22.4 Å². The fourth-order valence-electron chi connectivity index (χ4n) is 2.98. The molecule has 1 fully saturated rings. The summed E-state index contributed by atoms with van der Waals surface area (Å²) in [7, 11) is -3.55. The SMILES string of the molecule is O=C(NCc1ccco1)C(=O)NCC1CCN(S(=O)(=O)c2cccnc2)CC1. The lowest BCUT2D eigenvalue weighted by Gasteiger charge is -2.31. The van der Waals surface area contributed by atoms with E-state index in [9.17, 15) is 18.0 Å². The maximum Gasteiger partial charge on any atom is 0.309 e. The van der Waals surface area contributed by atoms with E-state index in [0.717, 1.165) is 0 Å². The lowest BCUT2D eigenvalue weighted by atomic mass is 9.98. The molecule has 2 aromatic heterocycles. The minimum Gasteiger partial charge on any atom is -0.467 e. The maximum absolute atomic E-state index is 12.6. The number of furan rings is 1. The van der Waals surface area contributed by atoms with Crippen molar-refractivity contribution in [1.82, 2.24) is 19.9 Å². The Morgan fingerprint density at radius 1 is 1.14 bits per heavy atom. The van der Waals surface area contributed by atoms with Crippen LogP contribution in [-0.2, 0) is 26.2 Å². The van der Waals surface area contributed by atoms with Crippen LogP contribution in [0.4, 0.5) is 0 Å². The predicted molar refractivity (Wildman–Crippen MR) is 99.3 cm³/mol. The van der Waals surface area contributed by atoms with Gasteiger partial charge in [-0.05, 0) is 43.0 Å². The second kappa shape index (κ2) is 8.98. The average molecular weight is 406 g/mol. The molecule has 1 aliphatic heterocycles. The van der Waals surface area contributed by atoms with Gasteiger partial charge in [0.1, 0.15) is 10.7 Å². The summed E-state index contributed by atoms with van der Waals surface area (Å²) >= 11 is 0. The molecule has 1 aliphatic rings. The van der Waals surface area contributed by atoms with Gasteiger partial charge in [0.2, 0.25) is 10.0 Å². The molecule has 2 amide bonds. The number of nitrogens with one attached hydrogen (secondary N) is 2. The molecule has 28 heavy (non-hydrogen) atoms. The van der Waals surface area contributed by atoms with Crippen LogP contribution in [0.2, 0.25) is 0 Å². The number of carbonyl (C=O) groups excluding carboxylic acids is 2. The van der Waals surface area contributed by atoms with E-state index in [-0.39, 0.29) is 17.4 Å². The number of carbonyl (C=O) groups is 2. The minimum atomic E-state index is -3.55. The van der Waals surface area contributed by atoms with Gasteiger partial charge in [-0.1, -0.05) is 0 Å². The summed E-state index contributed by atoms with van der Waals surface area (Å²) < 4.78 is 31.7. The molecule has 0 saturated carbocycles. The Hall–Kier alpha value is -2.72. The van der Waals surface area contributed by atoms with E-state index >= 15 is 0 Å². The Morgan fingerprint density at radius 2 is 1.89 bits per heavy atom. The van der Waals surface area contributed by atoms with Gasteiger partial charge in [0.05, 0.1) is 12.8 Å². The van der Waals surface area contributed by atoms with Gasteiger partial charge >= 0.3 is 11.8 Å². The fraction of sp³-hybridized carbons (Fsp3) is 0.389. The van der Waals surface area contributed by atoms with Crippen LogP contribution in [0, 0.1) is 5.92 Å². The van der Waals surface area contributed by atoms with Gasteiger partial charge in [-0.3, -0.25) is 14.6 Å². The van der Waals surface area contributed by atoms with E-state index in [1.165, 1.54) is 29.0 Å². The molecule has 2 N–H and O–H groups in total. The van der Waals surface area contributed by atoms with E-state index in [1.807, 2.05) is 0 Å². The van der Waals surface area contributed by atoms with E-state index < -0.39 is 21.8 Å². The molecule has 2 aromatic rings. The largest absolute Gasteiger partial charge is 0.467 e. The van der Waals surface area contributed by atoms with Crippen molar-refractivity contribution in [2.75, 3.05) is 19.6 Å². The van der Waals surface area contributed by atoms with Crippen molar-refractivity contribution in [1.29, 1.82) is 0 Å². The maximum atomic E-state index is 12.6. The van der Waals surface area contributed by atoms with Gasteiger partial charge in [0.15, 0.2) is 0 Å². The topological polar surface area (TPSA) is 122 Å². The number of aromatic nitrogens is 1. The third-order valence-electron chi connectivity index (χ3n) is 4.61. The highest BCUT2D eigenvalue weighted by Gasteiger charge is 2.29. The lowest BCUT2D eigenvalue weighted by molar-refractivity contribution is -0.139. The third-order valence-corrected chi connectivity index (χ3v) is 6.49. The van der Waals surface area contributed by atoms with E-state index in [1.54, 1.807) is 18.2 Å². The zero-order valence-corrected chi connectivity index (χ0v) is 16.0. The fourth-order valence-corrected chi connectivity index (χ4v) is 4.41. The molecular weight excluding hydrogens is 384 g/mol. The van der Waals surface area contributed by atoms with E-state index in [4.69, 9.17) is 4.42 Å². The number of piperidine rings is 1. The van der Waals surface area contributed by atoms with Gasteiger partial charge in [-0.2, -0.15) is 4.31 Å². The van der Waals surface area contributed by atoms with Crippen molar-refractivity contribution in [3.8, 4) is 0 Å². The molecule has 0 aliphatic carbocycles. The van der Waals surface area contributed by atoms with Gasteiger partial charge in [0.25, 0.3) is 0 Å². The number of pyridine rings is 1. The number of amides is 2. The summed E-state index contributed by atoms with van der Waals surface area (Å²) in [6, 6.07) is 6.51. The molecule has 3 heterocycles. The molecule has 0 unspecified atom stereocenters. The zero-order chi connectivity index (χ0) is 20.0. The summed E-state index contributed by atoms with van der Waals surface area (Å²) in [6.07, 6.45) is 5.56.